The van der Waals surface area contributed by atoms with Crippen molar-refractivity contribution in [1.29, 1.82) is 0 Å². The molecule has 3 aromatic rings. The van der Waals surface area contributed by atoms with Gasteiger partial charge in [-0.3, -0.25) is 0 Å². The predicted octanol–water partition coefficient (Wildman–Crippen LogP) is 4.40. The number of nitrogens with zero attached hydrogens (tertiary/aromatic N) is 3. The molecule has 25 heavy (non-hydrogen) atoms. The van der Waals surface area contributed by atoms with Crippen LogP contribution in [-0.2, 0) is 6.61 Å². The molecule has 1 heterocycles. The Morgan fingerprint density at radius 3 is 2.80 bits per heavy atom. The second-order valence-corrected chi connectivity index (χ2v) is 6.20. The van der Waals surface area contributed by atoms with Crippen LogP contribution in [0.25, 0.3) is 11.4 Å². The molecular formula is C16H13BrClFN4O2. The van der Waals surface area contributed by atoms with Gasteiger partial charge in [-0.15, -0.1) is 10.2 Å². The van der Waals surface area contributed by atoms with Gasteiger partial charge in [0.1, 0.15) is 12.4 Å². The van der Waals surface area contributed by atoms with Gasteiger partial charge in [-0.25, -0.2) is 4.39 Å². The molecule has 0 fully saturated rings. The largest absolute Gasteiger partial charge is 0.490 e. The summed E-state index contributed by atoms with van der Waals surface area (Å²) >= 11 is 9.49. The standard InChI is InChI=1S/C16H13BrClFN4O2/c1-2-24-14-7-9(16-20-22-23-21-16)6-11(17)15(14)25-8-10-12(18)4-3-5-13(10)19/h3-7H,2,8H2,1H3,(H,20,21,22,23). The molecule has 1 aromatic heterocycles. The number of H-pyrrole nitrogens is 1. The zero-order valence-corrected chi connectivity index (χ0v) is 15.4. The molecule has 9 heteroatoms. The normalized spacial score (nSPS) is 10.7. The van der Waals surface area contributed by atoms with E-state index in [2.05, 4.69) is 36.6 Å². The molecular weight excluding hydrogens is 415 g/mol. The van der Waals surface area contributed by atoms with E-state index in [9.17, 15) is 4.39 Å². The molecule has 3 rings (SSSR count). The van der Waals surface area contributed by atoms with Gasteiger partial charge in [0.05, 0.1) is 16.1 Å². The number of rotatable bonds is 6. The van der Waals surface area contributed by atoms with Crippen LogP contribution in [0.3, 0.4) is 0 Å². The van der Waals surface area contributed by atoms with Crippen molar-refractivity contribution in [3.05, 3.63) is 51.2 Å². The third-order valence-electron chi connectivity index (χ3n) is 3.34. The Morgan fingerprint density at radius 1 is 1.28 bits per heavy atom. The molecule has 0 aliphatic rings. The molecule has 0 bridgehead atoms. The van der Waals surface area contributed by atoms with Crippen molar-refractivity contribution < 1.29 is 13.9 Å². The summed E-state index contributed by atoms with van der Waals surface area (Å²) in [6, 6.07) is 8.00. The van der Waals surface area contributed by atoms with Crippen molar-refractivity contribution in [2.45, 2.75) is 13.5 Å². The van der Waals surface area contributed by atoms with E-state index in [4.69, 9.17) is 21.1 Å². The average molecular weight is 428 g/mol. The minimum atomic E-state index is -0.426. The molecule has 2 aromatic carbocycles. The summed E-state index contributed by atoms with van der Waals surface area (Å²) in [5.41, 5.74) is 0.973. The van der Waals surface area contributed by atoms with Crippen LogP contribution in [0.5, 0.6) is 11.5 Å². The van der Waals surface area contributed by atoms with Crippen LogP contribution in [0.1, 0.15) is 12.5 Å². The minimum Gasteiger partial charge on any atom is -0.490 e. The Balaban J connectivity index is 1.92. The number of nitrogens with one attached hydrogen (secondary N) is 1. The second kappa shape index (κ2) is 7.79. The van der Waals surface area contributed by atoms with E-state index in [1.54, 1.807) is 24.3 Å². The maximum Gasteiger partial charge on any atom is 0.204 e. The molecule has 0 unspecified atom stereocenters. The number of aromatic amines is 1. The first-order valence-corrected chi connectivity index (χ1v) is 8.53. The maximum absolute atomic E-state index is 13.9. The highest BCUT2D eigenvalue weighted by atomic mass is 79.9. The molecule has 130 valence electrons. The van der Waals surface area contributed by atoms with Crippen LogP contribution in [0.15, 0.2) is 34.8 Å². The van der Waals surface area contributed by atoms with Gasteiger partial charge in [0.15, 0.2) is 11.5 Å². The highest BCUT2D eigenvalue weighted by molar-refractivity contribution is 9.10. The Labute approximate surface area is 156 Å². The molecule has 0 atom stereocenters. The molecule has 6 nitrogen and oxygen atoms in total. The molecule has 0 saturated heterocycles. The van der Waals surface area contributed by atoms with E-state index in [0.717, 1.165) is 0 Å². The molecule has 1 N–H and O–H groups in total. The third kappa shape index (κ3) is 3.91. The van der Waals surface area contributed by atoms with Crippen LogP contribution in [0.4, 0.5) is 4.39 Å². The monoisotopic (exact) mass is 426 g/mol. The molecule has 0 amide bonds. The van der Waals surface area contributed by atoms with E-state index < -0.39 is 5.82 Å². The lowest BCUT2D eigenvalue weighted by molar-refractivity contribution is 0.264. The first-order chi connectivity index (χ1) is 12.1. The van der Waals surface area contributed by atoms with Gasteiger partial charge in [-0.1, -0.05) is 17.7 Å². The summed E-state index contributed by atoms with van der Waals surface area (Å²) in [5, 5.41) is 14.1. The Kier molecular flexibility index (Phi) is 5.50. The van der Waals surface area contributed by atoms with E-state index in [1.807, 2.05) is 6.92 Å². The fourth-order valence-electron chi connectivity index (χ4n) is 2.20. The number of halogens is 3. The summed E-state index contributed by atoms with van der Waals surface area (Å²) in [6.07, 6.45) is 0. The summed E-state index contributed by atoms with van der Waals surface area (Å²) in [5.74, 6) is 0.910. The lowest BCUT2D eigenvalue weighted by Crippen LogP contribution is -2.03. The summed E-state index contributed by atoms with van der Waals surface area (Å²) in [7, 11) is 0. The van der Waals surface area contributed by atoms with Crippen molar-refractivity contribution in [2.75, 3.05) is 6.61 Å². The van der Waals surface area contributed by atoms with Crippen molar-refractivity contribution in [3.63, 3.8) is 0 Å². The average Bonchev–Trinajstić information content (AvgIpc) is 3.11. The molecule has 0 spiro atoms. The first-order valence-electron chi connectivity index (χ1n) is 7.36. The first kappa shape index (κ1) is 17.6. The quantitative estimate of drug-likeness (QED) is 0.631. The van der Waals surface area contributed by atoms with Gasteiger partial charge in [0.25, 0.3) is 0 Å². The lowest BCUT2D eigenvalue weighted by atomic mass is 10.2. The van der Waals surface area contributed by atoms with Gasteiger partial charge in [0, 0.05) is 11.1 Å². The number of aromatic nitrogens is 4. The molecule has 0 aliphatic carbocycles. The SMILES string of the molecule is CCOc1cc(-c2nn[nH]n2)cc(Br)c1OCc1c(F)cccc1Cl. The molecule has 0 radical (unpaired) electrons. The molecule has 0 aliphatic heterocycles. The number of hydrogen-bond donors (Lipinski definition) is 1. The van der Waals surface area contributed by atoms with Gasteiger partial charge in [-0.2, -0.15) is 5.21 Å². The fraction of sp³-hybridized carbons (Fsp3) is 0.188. The number of benzene rings is 2. The third-order valence-corrected chi connectivity index (χ3v) is 4.28. The van der Waals surface area contributed by atoms with Gasteiger partial charge in [0.2, 0.25) is 5.82 Å². The van der Waals surface area contributed by atoms with Crippen LogP contribution in [-0.4, -0.2) is 27.2 Å². The Bertz CT molecular complexity index is 857. The van der Waals surface area contributed by atoms with Crippen molar-refractivity contribution in [2.24, 2.45) is 0 Å². The van der Waals surface area contributed by atoms with Crippen LogP contribution < -0.4 is 9.47 Å². The zero-order chi connectivity index (χ0) is 17.8. The fourth-order valence-corrected chi connectivity index (χ4v) is 2.97. The molecule has 0 saturated carbocycles. The number of hydrogen-bond acceptors (Lipinski definition) is 5. The van der Waals surface area contributed by atoms with Crippen molar-refractivity contribution in [1.82, 2.24) is 20.6 Å². The highest BCUT2D eigenvalue weighted by Crippen LogP contribution is 2.40. The van der Waals surface area contributed by atoms with Crippen LogP contribution in [0, 0.1) is 5.82 Å². The second-order valence-electron chi connectivity index (χ2n) is 4.94. The van der Waals surface area contributed by atoms with Crippen molar-refractivity contribution >= 4 is 27.5 Å². The van der Waals surface area contributed by atoms with Gasteiger partial charge < -0.3 is 9.47 Å². The van der Waals surface area contributed by atoms with Gasteiger partial charge in [-0.05, 0) is 52.3 Å². The smallest absolute Gasteiger partial charge is 0.204 e. The van der Waals surface area contributed by atoms with Crippen LogP contribution >= 0.6 is 27.5 Å². The topological polar surface area (TPSA) is 72.9 Å². The Hall–Kier alpha value is -2.19. The van der Waals surface area contributed by atoms with Gasteiger partial charge >= 0.3 is 0 Å². The minimum absolute atomic E-state index is 0.0360. The lowest BCUT2D eigenvalue weighted by Gasteiger charge is -2.15. The zero-order valence-electron chi connectivity index (χ0n) is 13.1. The predicted molar refractivity (Wildman–Crippen MR) is 94.2 cm³/mol. The van der Waals surface area contributed by atoms with Crippen molar-refractivity contribution in [3.8, 4) is 22.9 Å². The maximum atomic E-state index is 13.9. The van der Waals surface area contributed by atoms with E-state index in [1.165, 1.54) is 6.07 Å². The summed E-state index contributed by atoms with van der Waals surface area (Å²) in [6.45, 7) is 2.25. The van der Waals surface area contributed by atoms with E-state index in [0.29, 0.717) is 39.0 Å². The van der Waals surface area contributed by atoms with Crippen LogP contribution in [0.2, 0.25) is 5.02 Å². The number of tetrazole rings is 1. The van der Waals surface area contributed by atoms with E-state index >= 15 is 0 Å². The summed E-state index contributed by atoms with van der Waals surface area (Å²) < 4.78 is 26.0. The summed E-state index contributed by atoms with van der Waals surface area (Å²) in [4.78, 5) is 0. The highest BCUT2D eigenvalue weighted by Gasteiger charge is 2.17. The number of ether oxygens (including phenoxy) is 2. The Morgan fingerprint density at radius 2 is 2.12 bits per heavy atom. The van der Waals surface area contributed by atoms with E-state index in [-0.39, 0.29) is 12.2 Å².